The second-order valence-electron chi connectivity index (χ2n) is 15.4. The van der Waals surface area contributed by atoms with Crippen LogP contribution in [0.25, 0.3) is 44.5 Å². The molecule has 4 amide bonds. The number of amides is 4. The average molecular weight is 828 g/mol. The van der Waals surface area contributed by atoms with E-state index in [0.717, 1.165) is 69.4 Å². The number of nitrogens with two attached hydrogens (primary N) is 1. The van der Waals surface area contributed by atoms with Crippen LogP contribution in [0.1, 0.15) is 61.9 Å². The summed E-state index contributed by atoms with van der Waals surface area (Å²) in [5, 5.41) is 3.58. The van der Waals surface area contributed by atoms with Gasteiger partial charge in [0.2, 0.25) is 5.91 Å². The van der Waals surface area contributed by atoms with E-state index in [1.165, 1.54) is 14.2 Å². The maximum atomic E-state index is 14.0. The van der Waals surface area contributed by atoms with Gasteiger partial charge >= 0.3 is 12.2 Å². The molecule has 3 aromatic carbocycles. The first-order valence-electron chi connectivity index (χ1n) is 20.4. The first-order valence-corrected chi connectivity index (χ1v) is 20.4. The van der Waals surface area contributed by atoms with Crippen molar-refractivity contribution in [3.05, 3.63) is 109 Å². The van der Waals surface area contributed by atoms with Gasteiger partial charge in [-0.15, -0.1) is 0 Å². The number of nitrogens with one attached hydrogen (secondary N) is 4. The molecule has 8 rings (SSSR count). The highest BCUT2D eigenvalue weighted by Gasteiger charge is 2.39. The fraction of sp³-hybridized carbons (Fsp3) is 0.333. The molecule has 5 atom stereocenters. The van der Waals surface area contributed by atoms with E-state index in [-0.39, 0.29) is 30.3 Å². The van der Waals surface area contributed by atoms with E-state index in [2.05, 4.69) is 49.5 Å². The summed E-state index contributed by atoms with van der Waals surface area (Å²) in [5.41, 5.74) is 12.8. The molecule has 0 spiro atoms. The van der Waals surface area contributed by atoms with Gasteiger partial charge in [0.1, 0.15) is 17.7 Å². The zero-order valence-corrected chi connectivity index (χ0v) is 34.2. The van der Waals surface area contributed by atoms with Crippen LogP contribution < -0.4 is 11.1 Å². The lowest BCUT2D eigenvalue weighted by Crippen LogP contribution is -2.54. The normalized spacial score (nSPS) is 17.9. The SMILES string of the molecule is COC(=O)N[C@H](C(=O)N1CCCC1c1ncc(-c2ccc(-c3ccc(-c4cnc([C@@H]5CCCN5C(=O)[C@H](Cc5c[nH]c6ccccc56)OC(N)=O)[nH]4)cc3)cc2)[nH]1)[C@@H](C)OC. The van der Waals surface area contributed by atoms with Crippen molar-refractivity contribution in [3.8, 4) is 33.6 Å². The quantitative estimate of drug-likeness (QED) is 0.0869. The number of carbonyl (C=O) groups excluding carboxylic acids is 4. The number of fused-ring (bicyclic) bond motifs is 1. The van der Waals surface area contributed by atoms with Gasteiger partial charge in [0.15, 0.2) is 6.10 Å². The number of para-hydroxylation sites is 1. The minimum atomic E-state index is -1.08. The molecular formula is C45H49N9O7. The highest BCUT2D eigenvalue weighted by Crippen LogP contribution is 2.35. The lowest BCUT2D eigenvalue weighted by atomic mass is 10.0. The van der Waals surface area contributed by atoms with Crippen LogP contribution in [-0.4, -0.2) is 104 Å². The molecule has 61 heavy (non-hydrogen) atoms. The Labute approximate surface area is 352 Å². The Morgan fingerprint density at radius 2 is 1.33 bits per heavy atom. The van der Waals surface area contributed by atoms with Gasteiger partial charge in [0.25, 0.3) is 5.91 Å². The lowest BCUT2D eigenvalue weighted by molar-refractivity contribution is -0.141. The van der Waals surface area contributed by atoms with Crippen LogP contribution in [0.3, 0.4) is 0 Å². The van der Waals surface area contributed by atoms with Gasteiger partial charge in [-0.25, -0.2) is 19.6 Å². The summed E-state index contributed by atoms with van der Waals surface area (Å²) in [5.74, 6) is 0.786. The summed E-state index contributed by atoms with van der Waals surface area (Å²) in [6.45, 7) is 2.77. The number of methoxy groups -OCH3 is 2. The highest BCUT2D eigenvalue weighted by atomic mass is 16.6. The van der Waals surface area contributed by atoms with Crippen molar-refractivity contribution in [1.82, 2.24) is 40.0 Å². The number of nitrogens with zero attached hydrogens (tertiary/aromatic N) is 4. The molecule has 0 saturated carbocycles. The summed E-state index contributed by atoms with van der Waals surface area (Å²) in [7, 11) is 2.75. The number of primary amides is 1. The molecular weight excluding hydrogens is 779 g/mol. The number of H-pyrrole nitrogens is 3. The van der Waals surface area contributed by atoms with Crippen LogP contribution in [0.5, 0.6) is 0 Å². The zero-order valence-electron chi connectivity index (χ0n) is 34.2. The van der Waals surface area contributed by atoms with Crippen LogP contribution in [0.15, 0.2) is 91.4 Å². The fourth-order valence-electron chi connectivity index (χ4n) is 8.50. The third kappa shape index (κ3) is 8.57. The van der Waals surface area contributed by atoms with Crippen LogP contribution >= 0.6 is 0 Å². The molecule has 2 aliphatic rings. The van der Waals surface area contributed by atoms with Crippen molar-refractivity contribution >= 4 is 34.9 Å². The molecule has 6 aromatic rings. The molecule has 16 heteroatoms. The van der Waals surface area contributed by atoms with Crippen LogP contribution in [0.2, 0.25) is 0 Å². The Balaban J connectivity index is 0.918. The van der Waals surface area contributed by atoms with Gasteiger partial charge in [0, 0.05) is 43.7 Å². The summed E-state index contributed by atoms with van der Waals surface area (Å²) in [4.78, 5) is 74.5. The number of imidazole rings is 2. The van der Waals surface area contributed by atoms with E-state index in [0.29, 0.717) is 31.2 Å². The molecule has 2 aliphatic heterocycles. The molecule has 3 aromatic heterocycles. The maximum Gasteiger partial charge on any atom is 0.407 e. The van der Waals surface area contributed by atoms with Crippen LogP contribution in [0.4, 0.5) is 9.59 Å². The lowest BCUT2D eigenvalue weighted by Gasteiger charge is -2.30. The standard InChI is InChI=1S/C45H49N9O7/c1-26(59-2)39(52-45(58)60-3)43(56)54-21-7-11-37(54)41-49-25-35(51-41)30-18-14-28(15-19-30)27-12-16-29(17-13-27)34-24-48-40(50-34)36-10-6-20-53(36)42(55)38(61-44(46)57)22-31-23-47-33-9-5-4-8-32(31)33/h4-5,8-9,12-19,23-26,36-39,47H,6-7,10-11,20-22H2,1-3H3,(H2,46,57)(H,48,50)(H,49,51)(H,52,58)/t26-,36+,37?,38+,39+/m1/s1. The van der Waals surface area contributed by atoms with Gasteiger partial charge in [-0.1, -0.05) is 66.7 Å². The number of aromatic nitrogens is 5. The first kappa shape index (κ1) is 40.8. The molecule has 1 unspecified atom stereocenters. The minimum Gasteiger partial charge on any atom is -0.453 e. The van der Waals surface area contributed by atoms with Gasteiger partial charge in [-0.3, -0.25) is 9.59 Å². The first-order chi connectivity index (χ1) is 29.6. The van der Waals surface area contributed by atoms with Crippen molar-refractivity contribution in [2.75, 3.05) is 27.3 Å². The number of carbonyl (C=O) groups is 4. The number of likely N-dealkylation sites (tertiary alicyclic amines) is 2. The number of hydrogen-bond donors (Lipinski definition) is 5. The molecule has 2 fully saturated rings. The Kier molecular flexibility index (Phi) is 11.9. The Morgan fingerprint density at radius 3 is 1.87 bits per heavy atom. The minimum absolute atomic E-state index is 0.190. The predicted octanol–water partition coefficient (Wildman–Crippen LogP) is 6.41. The largest absolute Gasteiger partial charge is 0.453 e. The zero-order chi connectivity index (χ0) is 42.6. The average Bonchev–Trinajstić information content (AvgIpc) is 4.14. The molecule has 5 heterocycles. The molecule has 0 aliphatic carbocycles. The monoisotopic (exact) mass is 827 g/mol. The van der Waals surface area contributed by atoms with E-state index in [4.69, 9.17) is 24.9 Å². The van der Waals surface area contributed by atoms with E-state index in [9.17, 15) is 19.2 Å². The molecule has 0 radical (unpaired) electrons. The van der Waals surface area contributed by atoms with E-state index < -0.39 is 30.4 Å². The number of benzene rings is 3. The fourth-order valence-corrected chi connectivity index (χ4v) is 8.50. The summed E-state index contributed by atoms with van der Waals surface area (Å²) in [6, 6.07) is 22.6. The van der Waals surface area contributed by atoms with Crippen molar-refractivity contribution in [2.24, 2.45) is 5.73 Å². The number of rotatable bonds is 13. The van der Waals surface area contributed by atoms with E-state index in [1.54, 1.807) is 29.1 Å². The van der Waals surface area contributed by atoms with Gasteiger partial charge < -0.3 is 50.0 Å². The topological polar surface area (TPSA) is 214 Å². The molecule has 316 valence electrons. The third-order valence-electron chi connectivity index (χ3n) is 11.8. The van der Waals surface area contributed by atoms with Crippen molar-refractivity contribution in [2.45, 2.75) is 69.4 Å². The van der Waals surface area contributed by atoms with Crippen LogP contribution in [0, 0.1) is 0 Å². The van der Waals surface area contributed by atoms with E-state index >= 15 is 0 Å². The maximum absolute atomic E-state index is 14.0. The second-order valence-corrected chi connectivity index (χ2v) is 15.4. The van der Waals surface area contributed by atoms with Crippen LogP contribution in [-0.2, 0) is 30.2 Å². The van der Waals surface area contributed by atoms with E-state index in [1.807, 2.05) is 54.7 Å². The summed E-state index contributed by atoms with van der Waals surface area (Å²) < 4.78 is 15.6. The number of aromatic amines is 3. The molecule has 2 saturated heterocycles. The number of hydrogen-bond acceptors (Lipinski definition) is 9. The van der Waals surface area contributed by atoms with Gasteiger partial charge in [0.05, 0.1) is 49.1 Å². The Bertz CT molecular complexity index is 2510. The van der Waals surface area contributed by atoms with Crippen molar-refractivity contribution < 1.29 is 33.4 Å². The Hall–Kier alpha value is -6.94. The smallest absolute Gasteiger partial charge is 0.407 e. The van der Waals surface area contributed by atoms with Gasteiger partial charge in [-0.2, -0.15) is 0 Å². The molecule has 16 nitrogen and oxygen atoms in total. The third-order valence-corrected chi connectivity index (χ3v) is 11.8. The molecule has 6 N–H and O–H groups in total. The van der Waals surface area contributed by atoms with Crippen molar-refractivity contribution in [3.63, 3.8) is 0 Å². The number of alkyl carbamates (subject to hydrolysis) is 1. The molecule has 0 bridgehead atoms. The Morgan fingerprint density at radius 1 is 0.787 bits per heavy atom. The summed E-state index contributed by atoms with van der Waals surface area (Å²) in [6.07, 6.45) is 5.28. The summed E-state index contributed by atoms with van der Waals surface area (Å²) >= 11 is 0. The highest BCUT2D eigenvalue weighted by molar-refractivity contribution is 5.88. The second kappa shape index (κ2) is 17.7. The van der Waals surface area contributed by atoms with Gasteiger partial charge in [-0.05, 0) is 66.5 Å². The predicted molar refractivity (Wildman–Crippen MR) is 227 cm³/mol. The van der Waals surface area contributed by atoms with Crippen molar-refractivity contribution in [1.29, 1.82) is 0 Å². The number of ether oxygens (including phenoxy) is 3.